The van der Waals surface area contributed by atoms with Crippen molar-refractivity contribution < 1.29 is 0 Å². The van der Waals surface area contributed by atoms with Gasteiger partial charge in [0.1, 0.15) is 0 Å². The monoisotopic (exact) mass is 143 g/mol. The highest BCUT2D eigenvalue weighted by Crippen LogP contribution is 2.45. The van der Waals surface area contributed by atoms with E-state index in [1.807, 2.05) is 0 Å². The lowest BCUT2D eigenvalue weighted by Gasteiger charge is -1.80. The van der Waals surface area contributed by atoms with E-state index in [0.29, 0.717) is 0 Å². The van der Waals surface area contributed by atoms with E-state index in [9.17, 15) is 0 Å². The van der Waals surface area contributed by atoms with Gasteiger partial charge in [0.15, 0.2) is 0 Å². The third-order valence-electron chi connectivity index (χ3n) is 1.43. The van der Waals surface area contributed by atoms with Gasteiger partial charge >= 0.3 is 0 Å². The van der Waals surface area contributed by atoms with Crippen molar-refractivity contribution in [2.24, 2.45) is 0 Å². The summed E-state index contributed by atoms with van der Waals surface area (Å²) in [5, 5.41) is 1.60. The maximum Gasteiger partial charge on any atom is 0.0394 e. The molecular weight excluding hydrogens is 136 g/mol. The Hall–Kier alpha value is 0.140. The van der Waals surface area contributed by atoms with Crippen molar-refractivity contribution in [3.05, 3.63) is 11.5 Å². The predicted molar refractivity (Wildman–Crippen MR) is 38.2 cm³/mol. The number of rotatable bonds is 1. The molecule has 1 aromatic rings. The number of aromatic nitrogens is 1. The van der Waals surface area contributed by atoms with Crippen LogP contribution in [0, 0.1) is 0 Å². The summed E-state index contributed by atoms with van der Waals surface area (Å²) in [6, 6.07) is 0. The molecule has 1 aliphatic rings. The molecule has 2 rings (SSSR count). The molecule has 8 heavy (non-hydrogen) atoms. The fourth-order valence-electron chi connectivity index (χ4n) is 0.786. The fourth-order valence-corrected chi connectivity index (χ4v) is 3.23. The van der Waals surface area contributed by atoms with Crippen LogP contribution in [0.5, 0.6) is 0 Å². The van der Waals surface area contributed by atoms with Crippen molar-refractivity contribution in [1.29, 1.82) is 0 Å². The SMILES string of the molecule is c1n[pH]pc1C1CC1. The van der Waals surface area contributed by atoms with E-state index in [0.717, 1.165) is 13.9 Å². The third-order valence-corrected chi connectivity index (χ3v) is 3.93. The smallest absolute Gasteiger partial charge is 0.0394 e. The van der Waals surface area contributed by atoms with Gasteiger partial charge in [-0.3, -0.25) is 0 Å². The van der Waals surface area contributed by atoms with Crippen LogP contribution in [-0.4, -0.2) is 4.75 Å². The number of hydrogen-bond donors (Lipinski definition) is 0. The van der Waals surface area contributed by atoms with Crippen LogP contribution in [0.2, 0.25) is 0 Å². The highest BCUT2D eigenvalue weighted by atomic mass is 31.8. The molecule has 3 heteroatoms. The van der Waals surface area contributed by atoms with Crippen LogP contribution in [0.15, 0.2) is 6.20 Å². The maximum absolute atomic E-state index is 4.18. The molecule has 1 atom stereocenters. The van der Waals surface area contributed by atoms with Crippen molar-refractivity contribution in [2.45, 2.75) is 18.8 Å². The van der Waals surface area contributed by atoms with Gasteiger partial charge in [0.05, 0.1) is 0 Å². The van der Waals surface area contributed by atoms with Crippen LogP contribution < -0.4 is 0 Å². The van der Waals surface area contributed by atoms with Crippen molar-refractivity contribution in [3.63, 3.8) is 0 Å². The van der Waals surface area contributed by atoms with Gasteiger partial charge in [0.2, 0.25) is 0 Å². The second-order valence-electron chi connectivity index (χ2n) is 2.17. The summed E-state index contributed by atoms with van der Waals surface area (Å²) in [4.78, 5) is 0. The van der Waals surface area contributed by atoms with Crippen LogP contribution in [0.4, 0.5) is 0 Å². The van der Waals surface area contributed by atoms with Crippen molar-refractivity contribution in [1.82, 2.24) is 4.75 Å². The van der Waals surface area contributed by atoms with Gasteiger partial charge in [0, 0.05) is 11.5 Å². The number of hydrogen-bond acceptors (Lipinski definition) is 1. The summed E-state index contributed by atoms with van der Waals surface area (Å²) in [5.41, 5.74) is 0. The Kier molecular flexibility index (Phi) is 1.13. The quantitative estimate of drug-likeness (QED) is 0.588. The first kappa shape index (κ1) is 4.97. The Morgan fingerprint density at radius 3 is 3.12 bits per heavy atom. The minimum absolute atomic E-state index is 0.826. The lowest BCUT2D eigenvalue weighted by Crippen LogP contribution is -1.63. The molecule has 0 radical (unpaired) electrons. The average molecular weight is 143 g/mol. The highest BCUT2D eigenvalue weighted by molar-refractivity contribution is 7.89. The molecule has 0 N–H and O–H groups in total. The van der Waals surface area contributed by atoms with Gasteiger partial charge in [0.25, 0.3) is 0 Å². The Morgan fingerprint density at radius 2 is 2.62 bits per heavy atom. The van der Waals surface area contributed by atoms with Crippen molar-refractivity contribution in [2.75, 3.05) is 0 Å². The minimum Gasteiger partial charge on any atom is -0.244 e. The maximum atomic E-state index is 4.18. The van der Waals surface area contributed by atoms with Gasteiger partial charge in [-0.1, -0.05) is 0 Å². The topological polar surface area (TPSA) is 12.9 Å². The lowest BCUT2D eigenvalue weighted by molar-refractivity contribution is 1.17. The molecule has 0 saturated heterocycles. The fraction of sp³-hybridized carbons (Fsp3) is 0.600. The third kappa shape index (κ3) is 0.811. The molecule has 0 aliphatic heterocycles. The van der Waals surface area contributed by atoms with Gasteiger partial charge in [-0.25, -0.2) is 4.75 Å². The first-order chi connectivity index (χ1) is 3.97. The first-order valence-electron chi connectivity index (χ1n) is 2.82. The van der Waals surface area contributed by atoms with Crippen LogP contribution in [-0.2, 0) is 0 Å². The van der Waals surface area contributed by atoms with Crippen LogP contribution >= 0.6 is 15.9 Å². The molecule has 0 amide bonds. The lowest BCUT2D eigenvalue weighted by atomic mass is 10.4. The molecular formula is C5H7NP2. The van der Waals surface area contributed by atoms with E-state index in [1.54, 1.807) is 5.30 Å². The molecule has 1 saturated carbocycles. The van der Waals surface area contributed by atoms with E-state index in [-0.39, 0.29) is 0 Å². The normalized spacial score (nSPS) is 21.0. The van der Waals surface area contributed by atoms with Crippen LogP contribution in [0.25, 0.3) is 0 Å². The summed E-state index contributed by atoms with van der Waals surface area (Å²) in [5.74, 6) is 0.954. The van der Waals surface area contributed by atoms with E-state index >= 15 is 0 Å². The zero-order valence-corrected chi connectivity index (χ0v) is 6.36. The first-order valence-corrected chi connectivity index (χ1v) is 5.51. The molecule has 42 valence electrons. The minimum atomic E-state index is 0.826. The Balaban J connectivity index is 2.28. The number of nitrogens with zero attached hydrogens (tertiary/aromatic N) is 1. The average Bonchev–Trinajstić information content (AvgIpc) is 2.49. The van der Waals surface area contributed by atoms with E-state index in [2.05, 4.69) is 10.9 Å². The van der Waals surface area contributed by atoms with E-state index < -0.39 is 0 Å². The summed E-state index contributed by atoms with van der Waals surface area (Å²) >= 11 is 0. The second kappa shape index (κ2) is 1.83. The Bertz CT molecular complexity index is 167. The highest BCUT2D eigenvalue weighted by Gasteiger charge is 2.23. The summed E-state index contributed by atoms with van der Waals surface area (Å²) in [7, 11) is 2.33. The van der Waals surface area contributed by atoms with Gasteiger partial charge < -0.3 is 0 Å². The van der Waals surface area contributed by atoms with E-state index in [4.69, 9.17) is 0 Å². The molecule has 1 nitrogen and oxygen atoms in total. The summed E-state index contributed by atoms with van der Waals surface area (Å²) in [6.07, 6.45) is 4.94. The molecule has 1 aliphatic carbocycles. The molecule has 0 spiro atoms. The largest absolute Gasteiger partial charge is 0.244 e. The summed E-state index contributed by atoms with van der Waals surface area (Å²) in [6.45, 7) is 0. The molecule has 1 aromatic heterocycles. The molecule has 1 heterocycles. The van der Waals surface area contributed by atoms with Gasteiger partial charge in [-0.05, 0) is 34.7 Å². The molecule has 1 fully saturated rings. The molecule has 0 aromatic carbocycles. The summed E-state index contributed by atoms with van der Waals surface area (Å²) < 4.78 is 4.18. The molecule has 1 unspecified atom stereocenters. The predicted octanol–water partition coefficient (Wildman–Crippen LogP) is 2.57. The van der Waals surface area contributed by atoms with Crippen LogP contribution in [0.1, 0.15) is 24.1 Å². The van der Waals surface area contributed by atoms with Crippen molar-refractivity contribution >= 4 is 15.9 Å². The van der Waals surface area contributed by atoms with Crippen LogP contribution in [0.3, 0.4) is 0 Å². The standard InChI is InChI=1S/C5H7NP2/c1-2-4(1)5-3-6-8-7-5/h3-4,8H,1-2H2. The van der Waals surface area contributed by atoms with Crippen molar-refractivity contribution in [3.8, 4) is 0 Å². The van der Waals surface area contributed by atoms with Gasteiger partial charge in [-0.2, -0.15) is 0 Å². The Labute approximate surface area is 51.7 Å². The zero-order chi connectivity index (χ0) is 5.40. The zero-order valence-electron chi connectivity index (χ0n) is 4.46. The second-order valence-corrected chi connectivity index (χ2v) is 4.64. The Morgan fingerprint density at radius 1 is 1.75 bits per heavy atom. The molecule has 0 bridgehead atoms. The van der Waals surface area contributed by atoms with Gasteiger partial charge in [-0.15, -0.1) is 0 Å². The van der Waals surface area contributed by atoms with E-state index in [1.165, 1.54) is 20.7 Å².